The maximum absolute atomic E-state index is 12.5. The first-order valence-corrected chi connectivity index (χ1v) is 6.91. The zero-order valence-corrected chi connectivity index (χ0v) is 12.7. The fraction of sp³-hybridized carbons (Fsp3) is 0.286. The summed E-state index contributed by atoms with van der Waals surface area (Å²) >= 11 is 6.16. The van der Waals surface area contributed by atoms with Crippen molar-refractivity contribution >= 4 is 23.5 Å². The molecule has 2 aromatic rings. The third-order valence-electron chi connectivity index (χ3n) is 3.54. The summed E-state index contributed by atoms with van der Waals surface area (Å²) in [7, 11) is 0. The van der Waals surface area contributed by atoms with Crippen LogP contribution < -0.4 is 10.5 Å². The minimum atomic E-state index is -0.974. The Labute approximate surface area is 131 Å². The molecule has 3 rings (SSSR count). The van der Waals surface area contributed by atoms with Crippen LogP contribution in [-0.4, -0.2) is 26.6 Å². The summed E-state index contributed by atoms with van der Waals surface area (Å²) in [5.74, 6) is 0.00167. The standard InChI is InChI=1S/C14H13ClN4O3/c1-14(2)6-19-11(12(14)20)8(4-18-19)7-3-10(22-13(16)21)17-5-9(7)15/h3-5H,6H2,1-2H3,(H2,16,21). The topological polar surface area (TPSA) is 100 Å². The second kappa shape index (κ2) is 4.81. The van der Waals surface area contributed by atoms with Gasteiger partial charge in [-0.3, -0.25) is 9.48 Å². The Morgan fingerprint density at radius 1 is 1.41 bits per heavy atom. The number of halogens is 1. The molecule has 0 atom stereocenters. The van der Waals surface area contributed by atoms with Gasteiger partial charge in [-0.05, 0) is 0 Å². The first kappa shape index (κ1) is 14.5. The van der Waals surface area contributed by atoms with Gasteiger partial charge in [-0.2, -0.15) is 5.10 Å². The van der Waals surface area contributed by atoms with Crippen molar-refractivity contribution in [2.24, 2.45) is 11.1 Å². The Balaban J connectivity index is 2.11. The number of carbonyl (C=O) groups excluding carboxylic acids is 2. The molecule has 22 heavy (non-hydrogen) atoms. The van der Waals surface area contributed by atoms with Crippen molar-refractivity contribution in [3.8, 4) is 17.0 Å². The van der Waals surface area contributed by atoms with Gasteiger partial charge in [0.25, 0.3) is 0 Å². The van der Waals surface area contributed by atoms with Crippen LogP contribution in [-0.2, 0) is 6.54 Å². The van der Waals surface area contributed by atoms with Gasteiger partial charge in [0, 0.05) is 22.6 Å². The van der Waals surface area contributed by atoms with E-state index in [-0.39, 0.29) is 11.7 Å². The van der Waals surface area contributed by atoms with Crippen LogP contribution >= 0.6 is 11.6 Å². The lowest BCUT2D eigenvalue weighted by atomic mass is 9.88. The van der Waals surface area contributed by atoms with E-state index in [2.05, 4.69) is 10.1 Å². The number of ketones is 1. The second-order valence-electron chi connectivity index (χ2n) is 5.70. The molecule has 0 aromatic carbocycles. The van der Waals surface area contributed by atoms with E-state index < -0.39 is 11.5 Å². The average Bonchev–Trinajstić information content (AvgIpc) is 2.90. The van der Waals surface area contributed by atoms with E-state index in [1.54, 1.807) is 10.9 Å². The number of carbonyl (C=O) groups is 2. The van der Waals surface area contributed by atoms with Gasteiger partial charge in [0.05, 0.1) is 24.0 Å². The van der Waals surface area contributed by atoms with Crippen molar-refractivity contribution in [2.45, 2.75) is 20.4 Å². The minimum Gasteiger partial charge on any atom is -0.391 e. The van der Waals surface area contributed by atoms with Gasteiger partial charge in [0.2, 0.25) is 5.88 Å². The predicted molar refractivity (Wildman–Crippen MR) is 78.8 cm³/mol. The monoisotopic (exact) mass is 320 g/mol. The summed E-state index contributed by atoms with van der Waals surface area (Å²) < 4.78 is 6.41. The van der Waals surface area contributed by atoms with Crippen LogP contribution in [0.25, 0.3) is 11.1 Å². The molecular formula is C14H13ClN4O3. The van der Waals surface area contributed by atoms with Crippen molar-refractivity contribution < 1.29 is 14.3 Å². The van der Waals surface area contributed by atoms with Crippen LogP contribution in [0.15, 0.2) is 18.5 Å². The normalized spacial score (nSPS) is 15.7. The Morgan fingerprint density at radius 3 is 2.82 bits per heavy atom. The zero-order chi connectivity index (χ0) is 16.1. The molecule has 2 aromatic heterocycles. The van der Waals surface area contributed by atoms with Gasteiger partial charge in [0.1, 0.15) is 5.69 Å². The summed E-state index contributed by atoms with van der Waals surface area (Å²) in [4.78, 5) is 27.2. The lowest BCUT2D eigenvalue weighted by Gasteiger charge is -2.13. The molecule has 0 fully saturated rings. The van der Waals surface area contributed by atoms with Crippen molar-refractivity contribution in [3.63, 3.8) is 0 Å². The summed E-state index contributed by atoms with van der Waals surface area (Å²) in [6.45, 7) is 4.24. The highest BCUT2D eigenvalue weighted by Gasteiger charge is 2.40. The Kier molecular flexibility index (Phi) is 3.17. The number of hydrogen-bond donors (Lipinski definition) is 1. The molecule has 7 nitrogen and oxygen atoms in total. The number of amides is 1. The first-order chi connectivity index (χ1) is 10.3. The van der Waals surface area contributed by atoms with Crippen LogP contribution in [0, 0.1) is 5.41 Å². The molecule has 0 saturated heterocycles. The van der Waals surface area contributed by atoms with E-state index in [0.29, 0.717) is 28.4 Å². The smallest absolute Gasteiger partial charge is 0.391 e. The number of primary amides is 1. The summed E-state index contributed by atoms with van der Waals surface area (Å²) in [6, 6.07) is 1.46. The predicted octanol–water partition coefficient (Wildman–Crippen LogP) is 2.28. The van der Waals surface area contributed by atoms with E-state index in [1.807, 2.05) is 13.8 Å². The highest BCUT2D eigenvalue weighted by molar-refractivity contribution is 6.33. The quantitative estimate of drug-likeness (QED) is 0.914. The third-order valence-corrected chi connectivity index (χ3v) is 3.84. The molecule has 1 aliphatic heterocycles. The van der Waals surface area contributed by atoms with E-state index >= 15 is 0 Å². The van der Waals surface area contributed by atoms with E-state index in [9.17, 15) is 9.59 Å². The van der Waals surface area contributed by atoms with Crippen LogP contribution in [0.1, 0.15) is 24.3 Å². The van der Waals surface area contributed by atoms with E-state index in [4.69, 9.17) is 22.1 Å². The summed E-state index contributed by atoms with van der Waals surface area (Å²) in [5, 5.41) is 4.56. The number of aromatic nitrogens is 3. The van der Waals surface area contributed by atoms with Gasteiger partial charge in [-0.25, -0.2) is 9.78 Å². The molecule has 114 valence electrons. The molecule has 0 bridgehead atoms. The van der Waals surface area contributed by atoms with E-state index in [1.165, 1.54) is 12.3 Å². The van der Waals surface area contributed by atoms with Crippen LogP contribution in [0.4, 0.5) is 4.79 Å². The second-order valence-corrected chi connectivity index (χ2v) is 6.11. The number of nitrogens with zero attached hydrogens (tertiary/aromatic N) is 3. The van der Waals surface area contributed by atoms with Crippen molar-refractivity contribution in [1.29, 1.82) is 0 Å². The minimum absolute atomic E-state index is 0.00903. The maximum Gasteiger partial charge on any atom is 0.411 e. The fourth-order valence-electron chi connectivity index (χ4n) is 2.49. The molecule has 0 unspecified atom stereocenters. The third kappa shape index (κ3) is 2.23. The van der Waals surface area contributed by atoms with Crippen molar-refractivity contribution in [2.75, 3.05) is 0 Å². The largest absolute Gasteiger partial charge is 0.411 e. The number of hydrogen-bond acceptors (Lipinski definition) is 5. The van der Waals surface area contributed by atoms with Crippen LogP contribution in [0.3, 0.4) is 0 Å². The molecule has 3 heterocycles. The Morgan fingerprint density at radius 2 is 2.14 bits per heavy atom. The molecular weight excluding hydrogens is 308 g/mol. The number of Topliss-reactive ketones (excluding diaryl/α,β-unsaturated/α-hetero) is 1. The first-order valence-electron chi connectivity index (χ1n) is 6.53. The van der Waals surface area contributed by atoms with Crippen LogP contribution in [0.2, 0.25) is 5.02 Å². The van der Waals surface area contributed by atoms with Gasteiger partial charge < -0.3 is 10.5 Å². The lowest BCUT2D eigenvalue weighted by molar-refractivity contribution is 0.0860. The number of nitrogens with two attached hydrogens (primary N) is 1. The molecule has 0 radical (unpaired) electrons. The molecule has 1 aliphatic rings. The Bertz CT molecular complexity index is 797. The molecule has 2 N–H and O–H groups in total. The van der Waals surface area contributed by atoms with Crippen molar-refractivity contribution in [3.05, 3.63) is 29.2 Å². The molecule has 8 heteroatoms. The fourth-order valence-corrected chi connectivity index (χ4v) is 2.70. The highest BCUT2D eigenvalue weighted by atomic mass is 35.5. The number of pyridine rings is 1. The molecule has 0 aliphatic carbocycles. The molecule has 0 saturated carbocycles. The van der Waals surface area contributed by atoms with Gasteiger partial charge in [-0.1, -0.05) is 25.4 Å². The van der Waals surface area contributed by atoms with Crippen LogP contribution in [0.5, 0.6) is 5.88 Å². The van der Waals surface area contributed by atoms with Gasteiger partial charge in [0.15, 0.2) is 5.78 Å². The molecule has 1 amide bonds. The maximum atomic E-state index is 12.5. The number of fused-ring (bicyclic) bond motifs is 1. The Hall–Kier alpha value is -2.41. The summed E-state index contributed by atoms with van der Waals surface area (Å²) in [6.07, 6.45) is 1.93. The van der Waals surface area contributed by atoms with Crippen molar-refractivity contribution in [1.82, 2.24) is 14.8 Å². The van der Waals surface area contributed by atoms with Gasteiger partial charge >= 0.3 is 6.09 Å². The number of ether oxygens (including phenoxy) is 1. The average molecular weight is 321 g/mol. The highest BCUT2D eigenvalue weighted by Crippen LogP contribution is 2.39. The SMILES string of the molecule is CC1(C)Cn2ncc(-c3cc(OC(N)=O)ncc3Cl)c2C1=O. The summed E-state index contributed by atoms with van der Waals surface area (Å²) in [5.41, 5.74) is 6.05. The number of rotatable bonds is 2. The zero-order valence-electron chi connectivity index (χ0n) is 12.0. The lowest BCUT2D eigenvalue weighted by Crippen LogP contribution is -2.20. The van der Waals surface area contributed by atoms with E-state index in [0.717, 1.165) is 0 Å². The molecule has 0 spiro atoms. The van der Waals surface area contributed by atoms with Gasteiger partial charge in [-0.15, -0.1) is 0 Å².